The molecule has 0 aromatic carbocycles. The zero-order valence-corrected chi connectivity index (χ0v) is 14.2. The summed E-state index contributed by atoms with van der Waals surface area (Å²) in [5, 5.41) is 47.7. The number of carbonyl (C=O) groups is 1. The van der Waals surface area contributed by atoms with E-state index < -0.39 is 56.0 Å². The van der Waals surface area contributed by atoms with Crippen LogP contribution in [0.3, 0.4) is 0 Å². The summed E-state index contributed by atoms with van der Waals surface area (Å²) in [4.78, 5) is 11.7. The first-order valence-corrected chi connectivity index (χ1v) is 7.81. The summed E-state index contributed by atoms with van der Waals surface area (Å²) in [6.45, 7) is 4.24. The van der Waals surface area contributed by atoms with E-state index in [-0.39, 0.29) is 18.4 Å². The van der Waals surface area contributed by atoms with Gasteiger partial charge < -0.3 is 39.7 Å². The van der Waals surface area contributed by atoms with Crippen molar-refractivity contribution in [2.75, 3.05) is 19.8 Å². The third-order valence-corrected chi connectivity index (χ3v) is 3.49. The molecule has 0 amide bonds. The summed E-state index contributed by atoms with van der Waals surface area (Å²) in [6.07, 6.45) is -8.01. The molecule has 24 heavy (non-hydrogen) atoms. The van der Waals surface area contributed by atoms with Gasteiger partial charge in [0.2, 0.25) is 0 Å². The molecule has 1 aliphatic heterocycles. The highest BCUT2D eigenvalue weighted by molar-refractivity contribution is 5.70. The smallest absolute Gasteiger partial charge is 0.306 e. The summed E-state index contributed by atoms with van der Waals surface area (Å²) < 4.78 is 15.5. The largest absolute Gasteiger partial charge is 0.463 e. The highest BCUT2D eigenvalue weighted by atomic mass is 16.7. The van der Waals surface area contributed by atoms with Crippen LogP contribution in [0, 0.1) is 5.41 Å². The van der Waals surface area contributed by atoms with Gasteiger partial charge in [-0.05, 0) is 5.41 Å². The van der Waals surface area contributed by atoms with Gasteiger partial charge in [-0.15, -0.1) is 0 Å². The lowest BCUT2D eigenvalue weighted by molar-refractivity contribution is -0.315. The Balaban J connectivity index is 2.64. The molecule has 5 N–H and O–H groups in total. The van der Waals surface area contributed by atoms with Crippen molar-refractivity contribution in [2.24, 2.45) is 5.41 Å². The van der Waals surface area contributed by atoms with Gasteiger partial charge in [-0.2, -0.15) is 0 Å². The Bertz CT molecular complexity index is 391. The topological polar surface area (TPSA) is 146 Å². The quantitative estimate of drug-likeness (QED) is 0.333. The van der Waals surface area contributed by atoms with Crippen LogP contribution in [0.25, 0.3) is 0 Å². The highest BCUT2D eigenvalue weighted by Crippen LogP contribution is 2.24. The molecule has 0 radical (unpaired) electrons. The minimum atomic E-state index is -1.59. The maximum atomic E-state index is 11.7. The lowest BCUT2D eigenvalue weighted by Gasteiger charge is -2.40. The van der Waals surface area contributed by atoms with Crippen LogP contribution in [-0.4, -0.2) is 88.1 Å². The number of esters is 1. The van der Waals surface area contributed by atoms with Crippen LogP contribution in [0.15, 0.2) is 0 Å². The maximum Gasteiger partial charge on any atom is 0.306 e. The monoisotopic (exact) mass is 352 g/mol. The van der Waals surface area contributed by atoms with Crippen molar-refractivity contribution < 1.29 is 44.5 Å². The van der Waals surface area contributed by atoms with Crippen LogP contribution in [0.4, 0.5) is 0 Å². The predicted octanol–water partition coefficient (Wildman–Crippen LogP) is -1.86. The molecule has 0 aromatic rings. The van der Waals surface area contributed by atoms with Crippen molar-refractivity contribution in [3.05, 3.63) is 0 Å². The second-order valence-corrected chi connectivity index (χ2v) is 7.06. The fraction of sp³-hybridized carbons (Fsp3) is 0.933. The zero-order chi connectivity index (χ0) is 18.5. The molecule has 0 aromatic heterocycles. The van der Waals surface area contributed by atoms with Gasteiger partial charge in [0, 0.05) is 0 Å². The van der Waals surface area contributed by atoms with E-state index in [0.717, 1.165) is 0 Å². The number of aliphatic hydroxyl groups excluding tert-OH is 5. The van der Waals surface area contributed by atoms with Gasteiger partial charge in [-0.1, -0.05) is 20.8 Å². The molecule has 1 aliphatic rings. The summed E-state index contributed by atoms with van der Waals surface area (Å²) in [6, 6.07) is 0. The van der Waals surface area contributed by atoms with E-state index in [4.69, 9.17) is 24.4 Å². The molecule has 0 bridgehead atoms. The minimum absolute atomic E-state index is 0.165. The summed E-state index contributed by atoms with van der Waals surface area (Å²) >= 11 is 0. The SMILES string of the molecule is CC(C)(C)CC(=O)OC[C@H]1O[C@@H](OC(CO)CO)[C@H](O)[C@@H](O)[C@H]1O. The Morgan fingerprint density at radius 2 is 1.67 bits per heavy atom. The molecule has 9 nitrogen and oxygen atoms in total. The molecule has 5 atom stereocenters. The predicted molar refractivity (Wildman–Crippen MR) is 80.8 cm³/mol. The molecule has 9 heteroatoms. The van der Waals surface area contributed by atoms with Crippen molar-refractivity contribution >= 4 is 5.97 Å². The standard InChI is InChI=1S/C15H28O9/c1-15(2,3)4-10(18)22-7-9-11(19)12(20)13(21)14(24-9)23-8(5-16)6-17/h8-9,11-14,16-17,19-21H,4-7H2,1-3H3/t9-,11+,12+,13-,14-/m1/s1. The Kier molecular flexibility index (Phi) is 8.00. The Morgan fingerprint density at radius 1 is 1.08 bits per heavy atom. The van der Waals surface area contributed by atoms with E-state index in [1.54, 1.807) is 0 Å². The van der Waals surface area contributed by atoms with Gasteiger partial charge in [0.25, 0.3) is 0 Å². The third kappa shape index (κ3) is 6.25. The van der Waals surface area contributed by atoms with Crippen LogP contribution in [0.1, 0.15) is 27.2 Å². The lowest BCUT2D eigenvalue weighted by Crippen LogP contribution is -2.60. The van der Waals surface area contributed by atoms with Crippen molar-refractivity contribution in [1.29, 1.82) is 0 Å². The number of hydrogen-bond donors (Lipinski definition) is 5. The van der Waals surface area contributed by atoms with Crippen molar-refractivity contribution in [1.82, 2.24) is 0 Å². The number of ether oxygens (including phenoxy) is 3. The van der Waals surface area contributed by atoms with Crippen LogP contribution >= 0.6 is 0 Å². The summed E-state index contributed by atoms with van der Waals surface area (Å²) in [5.74, 6) is -0.486. The van der Waals surface area contributed by atoms with E-state index in [1.165, 1.54) is 0 Å². The molecule has 1 heterocycles. The van der Waals surface area contributed by atoms with Crippen molar-refractivity contribution in [3.63, 3.8) is 0 Å². The van der Waals surface area contributed by atoms with Gasteiger partial charge in [0.05, 0.1) is 19.6 Å². The van der Waals surface area contributed by atoms with Gasteiger partial charge in [-0.25, -0.2) is 0 Å². The van der Waals surface area contributed by atoms with Crippen molar-refractivity contribution in [3.8, 4) is 0 Å². The van der Waals surface area contributed by atoms with E-state index in [9.17, 15) is 20.1 Å². The van der Waals surface area contributed by atoms with E-state index in [1.807, 2.05) is 20.8 Å². The molecule has 0 saturated carbocycles. The van der Waals surface area contributed by atoms with Crippen LogP contribution in [-0.2, 0) is 19.0 Å². The molecule has 0 spiro atoms. The molecule has 1 fully saturated rings. The summed E-state index contributed by atoms with van der Waals surface area (Å²) in [7, 11) is 0. The highest BCUT2D eigenvalue weighted by Gasteiger charge is 2.45. The molecular weight excluding hydrogens is 324 g/mol. The normalized spacial score (nSPS) is 31.3. The van der Waals surface area contributed by atoms with Crippen LogP contribution < -0.4 is 0 Å². The summed E-state index contributed by atoms with van der Waals surface area (Å²) in [5.41, 5.74) is -0.264. The number of carbonyl (C=O) groups excluding carboxylic acids is 1. The number of aliphatic hydroxyl groups is 5. The molecule has 1 rings (SSSR count). The fourth-order valence-electron chi connectivity index (χ4n) is 2.16. The fourth-order valence-corrected chi connectivity index (χ4v) is 2.16. The van der Waals surface area contributed by atoms with Gasteiger partial charge in [0.15, 0.2) is 6.29 Å². The molecule has 142 valence electrons. The molecule has 0 aliphatic carbocycles. The maximum absolute atomic E-state index is 11.7. The zero-order valence-electron chi connectivity index (χ0n) is 14.2. The second kappa shape index (κ2) is 9.04. The van der Waals surface area contributed by atoms with Crippen molar-refractivity contribution in [2.45, 2.75) is 64.0 Å². The number of hydrogen-bond acceptors (Lipinski definition) is 9. The first kappa shape index (κ1) is 21.2. The van der Waals surface area contributed by atoms with E-state index >= 15 is 0 Å². The molecular formula is C15H28O9. The van der Waals surface area contributed by atoms with E-state index in [0.29, 0.717) is 0 Å². The second-order valence-electron chi connectivity index (χ2n) is 7.06. The van der Waals surface area contributed by atoms with Crippen LogP contribution in [0.5, 0.6) is 0 Å². The number of rotatable bonds is 7. The van der Waals surface area contributed by atoms with Gasteiger partial charge >= 0.3 is 5.97 Å². The third-order valence-electron chi connectivity index (χ3n) is 3.49. The lowest BCUT2D eigenvalue weighted by atomic mass is 9.92. The minimum Gasteiger partial charge on any atom is -0.463 e. The first-order valence-electron chi connectivity index (χ1n) is 7.81. The average molecular weight is 352 g/mol. The average Bonchev–Trinajstić information content (AvgIpc) is 2.49. The Morgan fingerprint density at radius 3 is 2.17 bits per heavy atom. The molecule has 1 saturated heterocycles. The molecule has 0 unspecified atom stereocenters. The van der Waals surface area contributed by atoms with Gasteiger partial charge in [0.1, 0.15) is 37.1 Å². The van der Waals surface area contributed by atoms with Crippen LogP contribution in [0.2, 0.25) is 0 Å². The van der Waals surface area contributed by atoms with E-state index in [2.05, 4.69) is 0 Å². The van der Waals surface area contributed by atoms with Gasteiger partial charge in [-0.3, -0.25) is 4.79 Å². The first-order chi connectivity index (χ1) is 11.1. The Labute approximate surface area is 140 Å². The Hall–Kier alpha value is -0.810.